The number of aromatic nitrogens is 2. The van der Waals surface area contributed by atoms with E-state index in [1.807, 2.05) is 11.8 Å². The van der Waals surface area contributed by atoms with Gasteiger partial charge in [0.25, 0.3) is 5.91 Å². The average Bonchev–Trinajstić information content (AvgIpc) is 2.70. The Hall–Kier alpha value is -1.52. The third kappa shape index (κ3) is 2.21. The summed E-state index contributed by atoms with van der Waals surface area (Å²) < 4.78 is 1.71. The van der Waals surface area contributed by atoms with Gasteiger partial charge in [-0.25, -0.2) is 0 Å². The highest BCUT2D eigenvalue weighted by Gasteiger charge is 2.31. The number of nitrogens with zero attached hydrogens (tertiary/aromatic N) is 3. The van der Waals surface area contributed by atoms with Gasteiger partial charge in [0.05, 0.1) is 5.69 Å². The van der Waals surface area contributed by atoms with E-state index in [2.05, 4.69) is 18.9 Å². The molecule has 1 saturated heterocycles. The zero-order valence-corrected chi connectivity index (χ0v) is 11.4. The van der Waals surface area contributed by atoms with Crippen molar-refractivity contribution in [2.24, 2.45) is 0 Å². The molecule has 0 unspecified atom stereocenters. The molecule has 2 atom stereocenters. The number of carbonyl (C=O) groups excluding carboxylic acids is 1. The van der Waals surface area contributed by atoms with Crippen molar-refractivity contribution in [2.45, 2.75) is 58.7 Å². The predicted octanol–water partition coefficient (Wildman–Crippen LogP) is 1.89. The third-order valence-corrected chi connectivity index (χ3v) is 3.74. The lowest BCUT2D eigenvalue weighted by molar-refractivity contribution is 0.0505. The number of rotatable bonds is 2. The van der Waals surface area contributed by atoms with Crippen LogP contribution in [0.3, 0.4) is 0 Å². The second kappa shape index (κ2) is 5.00. The second-order valence-electron chi connectivity index (χ2n) is 5.13. The number of piperidine rings is 1. The van der Waals surface area contributed by atoms with Crippen LogP contribution in [0, 0.1) is 0 Å². The van der Waals surface area contributed by atoms with Crippen LogP contribution in [0.1, 0.15) is 50.5 Å². The normalized spacial score (nSPS) is 24.3. The lowest BCUT2D eigenvalue weighted by atomic mass is 9.97. The van der Waals surface area contributed by atoms with Gasteiger partial charge in [0.15, 0.2) is 5.69 Å². The summed E-state index contributed by atoms with van der Waals surface area (Å²) in [5.41, 5.74) is 6.76. The van der Waals surface area contributed by atoms with Crippen LogP contribution in [0.4, 0.5) is 5.69 Å². The van der Waals surface area contributed by atoms with Gasteiger partial charge in [0.2, 0.25) is 0 Å². The molecule has 0 aromatic carbocycles. The van der Waals surface area contributed by atoms with Gasteiger partial charge < -0.3 is 10.6 Å². The van der Waals surface area contributed by atoms with E-state index in [0.717, 1.165) is 19.4 Å². The van der Waals surface area contributed by atoms with Crippen molar-refractivity contribution in [3.05, 3.63) is 11.9 Å². The van der Waals surface area contributed by atoms with E-state index in [0.29, 0.717) is 11.4 Å². The molecule has 2 rings (SSSR count). The van der Waals surface area contributed by atoms with E-state index < -0.39 is 0 Å². The van der Waals surface area contributed by atoms with Gasteiger partial charge in [-0.3, -0.25) is 9.48 Å². The summed E-state index contributed by atoms with van der Waals surface area (Å²) in [6, 6.07) is 0.542. The Kier molecular flexibility index (Phi) is 3.59. The molecule has 100 valence electrons. The van der Waals surface area contributed by atoms with Crippen LogP contribution in [0.15, 0.2) is 6.20 Å². The van der Waals surface area contributed by atoms with Crippen LogP contribution >= 0.6 is 0 Å². The maximum absolute atomic E-state index is 12.5. The minimum atomic E-state index is -0.0283. The maximum Gasteiger partial charge on any atom is 0.276 e. The lowest BCUT2D eigenvalue weighted by Gasteiger charge is -2.38. The lowest BCUT2D eigenvalue weighted by Crippen LogP contribution is -2.47. The Morgan fingerprint density at radius 3 is 2.56 bits per heavy atom. The highest BCUT2D eigenvalue weighted by Crippen LogP contribution is 2.25. The summed E-state index contributed by atoms with van der Waals surface area (Å²) in [4.78, 5) is 14.5. The van der Waals surface area contributed by atoms with Crippen molar-refractivity contribution in [3.8, 4) is 0 Å². The number of anilines is 1. The molecule has 2 N–H and O–H groups in total. The molecule has 0 radical (unpaired) electrons. The molecule has 2 heterocycles. The number of hydrogen-bond acceptors (Lipinski definition) is 3. The zero-order valence-electron chi connectivity index (χ0n) is 11.4. The fourth-order valence-corrected chi connectivity index (χ4v) is 2.71. The molecule has 5 heteroatoms. The van der Waals surface area contributed by atoms with E-state index in [9.17, 15) is 4.79 Å². The Morgan fingerprint density at radius 1 is 1.44 bits per heavy atom. The molecule has 5 nitrogen and oxygen atoms in total. The van der Waals surface area contributed by atoms with E-state index in [4.69, 9.17) is 5.73 Å². The summed E-state index contributed by atoms with van der Waals surface area (Å²) in [6.07, 6.45) is 5.03. The number of amides is 1. The first-order valence-electron chi connectivity index (χ1n) is 6.70. The molecule has 18 heavy (non-hydrogen) atoms. The molecule has 0 bridgehead atoms. The van der Waals surface area contributed by atoms with Gasteiger partial charge in [-0.1, -0.05) is 0 Å². The number of carbonyl (C=O) groups is 1. The van der Waals surface area contributed by atoms with Crippen molar-refractivity contribution in [3.63, 3.8) is 0 Å². The molecular weight excluding hydrogens is 228 g/mol. The van der Waals surface area contributed by atoms with Crippen molar-refractivity contribution >= 4 is 11.6 Å². The minimum Gasteiger partial charge on any atom is -0.396 e. The average molecular weight is 250 g/mol. The largest absolute Gasteiger partial charge is 0.396 e. The summed E-state index contributed by atoms with van der Waals surface area (Å²) in [6.45, 7) is 6.90. The smallest absolute Gasteiger partial charge is 0.276 e. The van der Waals surface area contributed by atoms with Crippen LogP contribution in [0.25, 0.3) is 0 Å². The Bertz CT molecular complexity index is 430. The third-order valence-electron chi connectivity index (χ3n) is 3.74. The first-order valence-corrected chi connectivity index (χ1v) is 6.70. The number of hydrogen-bond donors (Lipinski definition) is 1. The summed E-state index contributed by atoms with van der Waals surface area (Å²) >= 11 is 0. The number of nitrogens with two attached hydrogens (primary N) is 1. The molecular formula is C13H22N4O. The Morgan fingerprint density at radius 2 is 2.06 bits per heavy atom. The van der Waals surface area contributed by atoms with Crippen LogP contribution in [-0.2, 0) is 6.54 Å². The zero-order chi connectivity index (χ0) is 13.3. The molecule has 1 aliphatic rings. The molecule has 0 aliphatic carbocycles. The van der Waals surface area contributed by atoms with Gasteiger partial charge in [-0.15, -0.1) is 0 Å². The first-order chi connectivity index (χ1) is 8.54. The van der Waals surface area contributed by atoms with Gasteiger partial charge in [0, 0.05) is 24.8 Å². The highest BCUT2D eigenvalue weighted by molar-refractivity contribution is 5.97. The number of aryl methyl sites for hydroxylation is 1. The van der Waals surface area contributed by atoms with Crippen LogP contribution in [0.2, 0.25) is 0 Å². The molecule has 0 saturated carbocycles. The van der Waals surface area contributed by atoms with Crippen molar-refractivity contribution < 1.29 is 4.79 Å². The number of likely N-dealkylation sites (tertiary alicyclic amines) is 1. The SMILES string of the molecule is CCn1cc(N)c(C(=O)N2[C@H](C)CCC[C@@H]2C)n1. The van der Waals surface area contributed by atoms with E-state index >= 15 is 0 Å². The highest BCUT2D eigenvalue weighted by atomic mass is 16.2. The predicted molar refractivity (Wildman–Crippen MR) is 71.3 cm³/mol. The monoisotopic (exact) mass is 250 g/mol. The second-order valence-corrected chi connectivity index (χ2v) is 5.13. The van der Waals surface area contributed by atoms with Crippen molar-refractivity contribution in [1.29, 1.82) is 0 Å². The molecule has 1 fully saturated rings. The van der Waals surface area contributed by atoms with Crippen molar-refractivity contribution in [2.75, 3.05) is 5.73 Å². The summed E-state index contributed by atoms with van der Waals surface area (Å²) in [5, 5.41) is 4.27. The van der Waals surface area contributed by atoms with Gasteiger partial charge in [-0.05, 0) is 40.0 Å². The van der Waals surface area contributed by atoms with Gasteiger partial charge >= 0.3 is 0 Å². The summed E-state index contributed by atoms with van der Waals surface area (Å²) in [7, 11) is 0. The quantitative estimate of drug-likeness (QED) is 0.871. The topological polar surface area (TPSA) is 64.2 Å². The minimum absolute atomic E-state index is 0.0283. The number of nitrogen functional groups attached to an aromatic ring is 1. The molecule has 1 aromatic rings. The van der Waals surface area contributed by atoms with E-state index in [-0.39, 0.29) is 18.0 Å². The molecule has 1 aliphatic heterocycles. The van der Waals surface area contributed by atoms with E-state index in [1.54, 1.807) is 10.9 Å². The first kappa shape index (κ1) is 12.9. The molecule has 1 aromatic heterocycles. The molecule has 0 spiro atoms. The van der Waals surface area contributed by atoms with Crippen LogP contribution < -0.4 is 5.73 Å². The fourth-order valence-electron chi connectivity index (χ4n) is 2.71. The fraction of sp³-hybridized carbons (Fsp3) is 0.692. The van der Waals surface area contributed by atoms with E-state index in [1.165, 1.54) is 6.42 Å². The maximum atomic E-state index is 12.5. The Labute approximate surface area is 108 Å². The standard InChI is InChI=1S/C13H22N4O/c1-4-16-8-11(14)12(15-16)13(18)17-9(2)6-5-7-10(17)3/h8-10H,4-7,14H2,1-3H3/t9-,10+. The van der Waals surface area contributed by atoms with Crippen molar-refractivity contribution in [1.82, 2.24) is 14.7 Å². The summed E-state index contributed by atoms with van der Waals surface area (Å²) in [5.74, 6) is -0.0283. The van der Waals surface area contributed by atoms with Crippen LogP contribution in [-0.4, -0.2) is 32.7 Å². The van der Waals surface area contributed by atoms with Crippen LogP contribution in [0.5, 0.6) is 0 Å². The Balaban J connectivity index is 2.26. The van der Waals surface area contributed by atoms with Gasteiger partial charge in [0.1, 0.15) is 0 Å². The van der Waals surface area contributed by atoms with Gasteiger partial charge in [-0.2, -0.15) is 5.10 Å². The molecule has 1 amide bonds.